The zero-order valence-corrected chi connectivity index (χ0v) is 22.9. The van der Waals surface area contributed by atoms with Crippen LogP contribution in [0, 0.1) is 13.8 Å². The third-order valence-electron chi connectivity index (χ3n) is 7.10. The van der Waals surface area contributed by atoms with E-state index in [4.69, 9.17) is 4.74 Å². The lowest BCUT2D eigenvalue weighted by Gasteiger charge is -2.27. The maximum absolute atomic E-state index is 13.2. The van der Waals surface area contributed by atoms with Crippen LogP contribution in [0.15, 0.2) is 59.5 Å². The molecule has 1 aliphatic rings. The number of aryl methyl sites for hydroxylation is 1. The van der Waals surface area contributed by atoms with Crippen LogP contribution in [0.3, 0.4) is 0 Å². The Morgan fingerprint density at radius 2 is 1.81 bits per heavy atom. The molecule has 7 nitrogen and oxygen atoms in total. The highest BCUT2D eigenvalue weighted by atomic mass is 32.2. The van der Waals surface area contributed by atoms with Crippen molar-refractivity contribution in [2.24, 2.45) is 0 Å². The number of amides is 2. The van der Waals surface area contributed by atoms with E-state index >= 15 is 0 Å². The van der Waals surface area contributed by atoms with Crippen LogP contribution in [0.2, 0.25) is 0 Å². The molecule has 196 valence electrons. The van der Waals surface area contributed by atoms with Crippen LogP contribution in [0.1, 0.15) is 46.3 Å². The highest BCUT2D eigenvalue weighted by Gasteiger charge is 2.24. The van der Waals surface area contributed by atoms with Crippen molar-refractivity contribution in [2.75, 3.05) is 26.0 Å². The Kier molecular flexibility index (Phi) is 7.90. The second-order valence-electron chi connectivity index (χ2n) is 9.78. The van der Waals surface area contributed by atoms with Gasteiger partial charge in [-0.1, -0.05) is 30.3 Å². The van der Waals surface area contributed by atoms with Gasteiger partial charge < -0.3 is 20.3 Å². The number of methoxy groups -OCH3 is 1. The third kappa shape index (κ3) is 5.97. The van der Waals surface area contributed by atoms with Crippen molar-refractivity contribution >= 4 is 21.6 Å². The van der Waals surface area contributed by atoms with E-state index in [1.54, 1.807) is 19.2 Å². The molecule has 2 N–H and O–H groups in total. The first-order valence-corrected chi connectivity index (χ1v) is 14.1. The number of likely N-dealkylation sites (N-methyl/N-ethyl adjacent to an activating group) is 1. The van der Waals surface area contributed by atoms with Crippen LogP contribution in [0.25, 0.3) is 0 Å². The van der Waals surface area contributed by atoms with Gasteiger partial charge in [0, 0.05) is 29.9 Å². The SMILES string of the molecule is COc1c(CS(=O)(=O)c2ccc(NC(=O)NC(C)c3cccc(C)c3C)cc2)ccc2c1CCN(C)C2. The van der Waals surface area contributed by atoms with Crippen LogP contribution >= 0.6 is 0 Å². The Hall–Kier alpha value is -3.36. The van der Waals surface area contributed by atoms with Crippen molar-refractivity contribution in [2.45, 2.75) is 50.4 Å². The summed E-state index contributed by atoms with van der Waals surface area (Å²) < 4.78 is 32.1. The van der Waals surface area contributed by atoms with Gasteiger partial charge >= 0.3 is 6.03 Å². The molecule has 0 spiro atoms. The second-order valence-corrected chi connectivity index (χ2v) is 11.8. The topological polar surface area (TPSA) is 87.7 Å². The molecule has 0 bridgehead atoms. The minimum absolute atomic E-state index is 0.153. The van der Waals surface area contributed by atoms with Gasteiger partial charge in [-0.25, -0.2) is 13.2 Å². The Balaban J connectivity index is 1.44. The fourth-order valence-electron chi connectivity index (χ4n) is 4.90. The fourth-order valence-corrected chi connectivity index (χ4v) is 6.25. The fraction of sp³-hybridized carbons (Fsp3) is 0.345. The smallest absolute Gasteiger partial charge is 0.319 e. The number of nitrogens with zero attached hydrogens (tertiary/aromatic N) is 1. The Morgan fingerprint density at radius 3 is 2.51 bits per heavy atom. The van der Waals surface area contributed by atoms with Crippen LogP contribution in [-0.4, -0.2) is 40.1 Å². The van der Waals surface area contributed by atoms with E-state index in [1.165, 1.54) is 23.3 Å². The summed E-state index contributed by atoms with van der Waals surface area (Å²) in [5.41, 5.74) is 6.81. The van der Waals surface area contributed by atoms with E-state index in [0.29, 0.717) is 17.0 Å². The predicted molar refractivity (Wildman–Crippen MR) is 147 cm³/mol. The molecule has 1 heterocycles. The quantitative estimate of drug-likeness (QED) is 0.449. The number of nitrogens with one attached hydrogen (secondary N) is 2. The molecule has 3 aromatic rings. The summed E-state index contributed by atoms with van der Waals surface area (Å²) >= 11 is 0. The summed E-state index contributed by atoms with van der Waals surface area (Å²) in [6, 6.07) is 15.6. The molecule has 0 aliphatic carbocycles. The molecule has 0 saturated heterocycles. The number of fused-ring (bicyclic) bond motifs is 1. The lowest BCUT2D eigenvalue weighted by Crippen LogP contribution is -2.31. The summed E-state index contributed by atoms with van der Waals surface area (Å²) in [7, 11) is 0.0538. The van der Waals surface area contributed by atoms with Gasteiger partial charge in [0.2, 0.25) is 0 Å². The minimum Gasteiger partial charge on any atom is -0.496 e. The highest BCUT2D eigenvalue weighted by molar-refractivity contribution is 7.90. The summed E-state index contributed by atoms with van der Waals surface area (Å²) in [5, 5.41) is 5.74. The van der Waals surface area contributed by atoms with Crippen LogP contribution in [-0.2, 0) is 28.6 Å². The molecule has 1 unspecified atom stereocenters. The Morgan fingerprint density at radius 1 is 1.08 bits per heavy atom. The number of urea groups is 1. The molecule has 1 atom stereocenters. The first kappa shape index (κ1) is 26.7. The predicted octanol–water partition coefficient (Wildman–Crippen LogP) is 5.16. The summed E-state index contributed by atoms with van der Waals surface area (Å²) in [4.78, 5) is 15.0. The number of sulfone groups is 1. The van der Waals surface area contributed by atoms with Crippen molar-refractivity contribution in [3.63, 3.8) is 0 Å². The normalized spacial score (nSPS) is 14.5. The number of carbonyl (C=O) groups excluding carboxylic acids is 1. The van der Waals surface area contributed by atoms with Crippen LogP contribution in [0.5, 0.6) is 5.75 Å². The molecule has 0 saturated carbocycles. The molecule has 0 radical (unpaired) electrons. The monoisotopic (exact) mass is 521 g/mol. The van der Waals surface area contributed by atoms with Gasteiger partial charge in [0.05, 0.1) is 23.8 Å². The number of hydrogen-bond donors (Lipinski definition) is 2. The molecule has 0 fully saturated rings. The number of rotatable bonds is 7. The first-order chi connectivity index (χ1) is 17.6. The molecule has 1 aliphatic heterocycles. The average Bonchev–Trinajstić information content (AvgIpc) is 2.85. The maximum atomic E-state index is 13.2. The van der Waals surface area contributed by atoms with Crippen molar-refractivity contribution in [3.8, 4) is 5.75 Å². The van der Waals surface area contributed by atoms with Crippen LogP contribution < -0.4 is 15.4 Å². The van der Waals surface area contributed by atoms with E-state index in [2.05, 4.69) is 22.6 Å². The van der Waals surface area contributed by atoms with E-state index in [1.807, 2.05) is 51.1 Å². The molecule has 0 aromatic heterocycles. The largest absolute Gasteiger partial charge is 0.496 e. The minimum atomic E-state index is -3.61. The number of anilines is 1. The zero-order valence-electron chi connectivity index (χ0n) is 22.1. The maximum Gasteiger partial charge on any atom is 0.319 e. The van der Waals surface area contributed by atoms with Crippen molar-refractivity contribution < 1.29 is 17.9 Å². The standard InChI is InChI=1S/C29H35N3O4S/c1-19-7-6-8-26(20(19)2)21(3)30-29(33)31-24-11-13-25(14-12-24)37(34,35)18-23-10-9-22-17-32(4)16-15-27(22)28(23)36-5/h6-14,21H,15-18H2,1-5H3,(H2,30,31,33). The zero-order chi connectivity index (χ0) is 26.7. The molecule has 8 heteroatoms. The van der Waals surface area contributed by atoms with Gasteiger partial charge in [-0.05, 0) is 80.8 Å². The van der Waals surface area contributed by atoms with E-state index < -0.39 is 9.84 Å². The van der Waals surface area contributed by atoms with E-state index in [0.717, 1.165) is 36.2 Å². The summed E-state index contributed by atoms with van der Waals surface area (Å²) in [6.07, 6.45) is 0.827. The third-order valence-corrected chi connectivity index (χ3v) is 8.79. The van der Waals surface area contributed by atoms with Crippen molar-refractivity contribution in [3.05, 3.63) is 88.0 Å². The van der Waals surface area contributed by atoms with Gasteiger partial charge in [0.25, 0.3) is 0 Å². The first-order valence-electron chi connectivity index (χ1n) is 12.4. The average molecular weight is 522 g/mol. The molecule has 37 heavy (non-hydrogen) atoms. The number of carbonyl (C=O) groups is 1. The summed E-state index contributed by atoms with van der Waals surface area (Å²) in [6.45, 7) is 7.75. The van der Waals surface area contributed by atoms with Crippen molar-refractivity contribution in [1.82, 2.24) is 10.2 Å². The molecule has 3 aromatic carbocycles. The van der Waals surface area contributed by atoms with Gasteiger partial charge in [-0.3, -0.25) is 0 Å². The molecular formula is C29H35N3O4S. The van der Waals surface area contributed by atoms with Gasteiger partial charge in [0.1, 0.15) is 5.75 Å². The van der Waals surface area contributed by atoms with Gasteiger partial charge in [-0.2, -0.15) is 0 Å². The van der Waals surface area contributed by atoms with Gasteiger partial charge in [-0.15, -0.1) is 0 Å². The highest BCUT2D eigenvalue weighted by Crippen LogP contribution is 2.33. The Bertz CT molecular complexity index is 1400. The van der Waals surface area contributed by atoms with Crippen molar-refractivity contribution in [1.29, 1.82) is 0 Å². The number of ether oxygens (including phenoxy) is 1. The second kappa shape index (κ2) is 10.9. The van der Waals surface area contributed by atoms with Crippen LogP contribution in [0.4, 0.5) is 10.5 Å². The lowest BCUT2D eigenvalue weighted by molar-refractivity contribution is 0.249. The summed E-state index contributed by atoms with van der Waals surface area (Å²) in [5.74, 6) is 0.516. The van der Waals surface area contributed by atoms with E-state index in [-0.39, 0.29) is 22.7 Å². The molecule has 2 amide bonds. The lowest BCUT2D eigenvalue weighted by atomic mass is 9.96. The molecular weight excluding hydrogens is 486 g/mol. The number of benzene rings is 3. The molecule has 4 rings (SSSR count). The number of hydrogen-bond acceptors (Lipinski definition) is 5. The van der Waals surface area contributed by atoms with Gasteiger partial charge in [0.15, 0.2) is 9.84 Å². The van der Waals surface area contributed by atoms with E-state index in [9.17, 15) is 13.2 Å². The Labute approximate surface area is 219 Å².